The summed E-state index contributed by atoms with van der Waals surface area (Å²) in [5.41, 5.74) is 8.08. The molecule has 0 radical (unpaired) electrons. The van der Waals surface area contributed by atoms with Crippen molar-refractivity contribution in [2.45, 2.75) is 13.0 Å². The third kappa shape index (κ3) is 6.24. The normalized spacial score (nSPS) is 13.0. The number of amides is 6. The third-order valence-electron chi connectivity index (χ3n) is 5.89. The molecule has 1 aliphatic heterocycles. The Morgan fingerprint density at radius 2 is 1.68 bits per heavy atom. The van der Waals surface area contributed by atoms with Gasteiger partial charge in [0.05, 0.1) is 13.0 Å². The molecule has 1 saturated heterocycles. The van der Waals surface area contributed by atoms with Gasteiger partial charge >= 0.3 is 6.03 Å². The van der Waals surface area contributed by atoms with E-state index in [-0.39, 0.29) is 48.5 Å². The van der Waals surface area contributed by atoms with Crippen LogP contribution in [0.3, 0.4) is 0 Å². The maximum absolute atomic E-state index is 12.9. The van der Waals surface area contributed by atoms with Crippen LogP contribution in [0.4, 0.5) is 16.2 Å². The Morgan fingerprint density at radius 3 is 2.32 bits per heavy atom. The van der Waals surface area contributed by atoms with Crippen molar-refractivity contribution >= 4 is 57.0 Å². The number of rotatable bonds is 8. The molecular weight excluding hydrogens is 554 g/mol. The fraction of sp³-hybridized carbons (Fsp3) is 0.148. The van der Waals surface area contributed by atoms with Crippen molar-refractivity contribution in [2.75, 3.05) is 24.2 Å². The Hall–Kier alpha value is -4.51. The van der Waals surface area contributed by atoms with Crippen molar-refractivity contribution in [1.29, 1.82) is 0 Å². The van der Waals surface area contributed by atoms with Crippen molar-refractivity contribution in [3.63, 3.8) is 0 Å². The molecule has 4 N–H and O–H groups in total. The largest absolute Gasteiger partial charge is 0.366 e. The molecule has 0 aliphatic carbocycles. The summed E-state index contributed by atoms with van der Waals surface area (Å²) < 4.78 is 0.794. The number of carbonyl (C=O) groups excluding carboxylic acids is 5. The summed E-state index contributed by atoms with van der Waals surface area (Å²) in [6, 6.07) is 17.8. The molecule has 0 saturated carbocycles. The van der Waals surface area contributed by atoms with E-state index in [0.29, 0.717) is 22.4 Å². The number of anilines is 2. The molecule has 0 unspecified atom stereocenters. The molecule has 0 bridgehead atoms. The van der Waals surface area contributed by atoms with E-state index in [9.17, 15) is 24.0 Å². The summed E-state index contributed by atoms with van der Waals surface area (Å²) >= 11 is 3.34. The Kier molecular flexibility index (Phi) is 7.87. The monoisotopic (exact) mass is 577 g/mol. The molecule has 3 aromatic carbocycles. The highest BCUT2D eigenvalue weighted by Crippen LogP contribution is 2.23. The smallest absolute Gasteiger partial charge is 0.327 e. The number of primary amides is 1. The van der Waals surface area contributed by atoms with Gasteiger partial charge in [0.25, 0.3) is 11.8 Å². The maximum Gasteiger partial charge on any atom is 0.327 e. The van der Waals surface area contributed by atoms with Crippen LogP contribution in [-0.4, -0.2) is 53.1 Å². The van der Waals surface area contributed by atoms with E-state index in [4.69, 9.17) is 5.73 Å². The van der Waals surface area contributed by atoms with E-state index >= 15 is 0 Å². The Morgan fingerprint density at radius 1 is 0.947 bits per heavy atom. The van der Waals surface area contributed by atoms with Gasteiger partial charge in [-0.2, -0.15) is 0 Å². The van der Waals surface area contributed by atoms with Gasteiger partial charge in [0.1, 0.15) is 6.54 Å². The van der Waals surface area contributed by atoms with E-state index in [1.807, 2.05) is 6.07 Å². The molecule has 0 spiro atoms. The number of imide groups is 1. The first kappa shape index (κ1) is 26.6. The van der Waals surface area contributed by atoms with Crippen LogP contribution in [0.2, 0.25) is 0 Å². The van der Waals surface area contributed by atoms with Crippen molar-refractivity contribution in [2.24, 2.45) is 5.73 Å². The fourth-order valence-electron chi connectivity index (χ4n) is 3.90. The van der Waals surface area contributed by atoms with Crippen molar-refractivity contribution in [3.8, 4) is 0 Å². The van der Waals surface area contributed by atoms with Crippen LogP contribution in [0.25, 0.3) is 0 Å². The molecule has 4 rings (SSSR count). The van der Waals surface area contributed by atoms with Gasteiger partial charge in [-0.25, -0.2) is 4.79 Å². The van der Waals surface area contributed by atoms with Gasteiger partial charge in [-0.15, -0.1) is 0 Å². The molecular formula is C27H24BrN5O5. The lowest BCUT2D eigenvalue weighted by Gasteiger charge is -2.18. The van der Waals surface area contributed by atoms with E-state index in [0.717, 1.165) is 9.37 Å². The van der Waals surface area contributed by atoms with Crippen molar-refractivity contribution in [1.82, 2.24) is 9.80 Å². The standard InChI is InChI=1S/C27H24BrN5O5/c1-32-15-24(35)33(27(32)38)14-19-8-7-17(25(29)36)13-22(19)31-23(34)11-16-5-9-21(10-6-16)30-26(37)18-3-2-4-20(28)12-18/h2-10,12-13H,11,14-15H2,1H3,(H2,29,36)(H,30,37)(H,31,34). The molecule has 10 nitrogen and oxygen atoms in total. The molecule has 0 atom stereocenters. The molecule has 1 fully saturated rings. The maximum atomic E-state index is 12.9. The Bertz CT molecular complexity index is 1440. The highest BCUT2D eigenvalue weighted by molar-refractivity contribution is 9.10. The van der Waals surface area contributed by atoms with Gasteiger partial charge in [0, 0.05) is 34.0 Å². The first-order valence-electron chi connectivity index (χ1n) is 11.5. The van der Waals surface area contributed by atoms with E-state index < -0.39 is 11.9 Å². The molecule has 0 aromatic heterocycles. The van der Waals surface area contributed by atoms with E-state index in [1.165, 1.54) is 24.1 Å². The molecule has 6 amide bonds. The van der Waals surface area contributed by atoms with Gasteiger partial charge in [0.15, 0.2) is 0 Å². The number of urea groups is 1. The number of nitrogens with two attached hydrogens (primary N) is 1. The number of nitrogens with one attached hydrogen (secondary N) is 2. The van der Waals surface area contributed by atoms with Crippen LogP contribution >= 0.6 is 15.9 Å². The minimum Gasteiger partial charge on any atom is -0.366 e. The van der Waals surface area contributed by atoms with Crippen LogP contribution in [-0.2, 0) is 22.6 Å². The molecule has 3 aromatic rings. The minimum atomic E-state index is -0.680. The second-order valence-corrected chi connectivity index (χ2v) is 9.66. The van der Waals surface area contributed by atoms with Gasteiger partial charge in [-0.05, 0) is 53.6 Å². The third-order valence-corrected chi connectivity index (χ3v) is 6.38. The van der Waals surface area contributed by atoms with Crippen molar-refractivity contribution in [3.05, 3.63) is 93.5 Å². The first-order valence-corrected chi connectivity index (χ1v) is 12.3. The lowest BCUT2D eigenvalue weighted by Crippen LogP contribution is -2.31. The lowest BCUT2D eigenvalue weighted by molar-refractivity contribution is -0.125. The predicted octanol–water partition coefficient (Wildman–Crippen LogP) is 3.38. The zero-order valence-electron chi connectivity index (χ0n) is 20.4. The average Bonchev–Trinajstić information content (AvgIpc) is 3.11. The van der Waals surface area contributed by atoms with Crippen LogP contribution in [0.15, 0.2) is 71.2 Å². The van der Waals surface area contributed by atoms with Crippen molar-refractivity contribution < 1.29 is 24.0 Å². The van der Waals surface area contributed by atoms with E-state index in [1.54, 1.807) is 48.5 Å². The summed E-state index contributed by atoms with van der Waals surface area (Å²) in [6.07, 6.45) is 0.00438. The second kappa shape index (κ2) is 11.3. The number of hydrogen-bond acceptors (Lipinski definition) is 5. The molecule has 11 heteroatoms. The first-order chi connectivity index (χ1) is 18.1. The number of likely N-dealkylation sites (N-methyl/N-ethyl adjacent to an activating group) is 1. The highest BCUT2D eigenvalue weighted by atomic mass is 79.9. The molecule has 1 aliphatic rings. The SMILES string of the molecule is CN1CC(=O)N(Cc2ccc(C(N)=O)cc2NC(=O)Cc2ccc(NC(=O)c3cccc(Br)c3)cc2)C1=O. The molecule has 38 heavy (non-hydrogen) atoms. The number of benzene rings is 3. The van der Waals surface area contributed by atoms with Gasteiger partial charge in [-0.1, -0.05) is 40.2 Å². The predicted molar refractivity (Wildman–Crippen MR) is 144 cm³/mol. The van der Waals surface area contributed by atoms with E-state index in [2.05, 4.69) is 26.6 Å². The van der Waals surface area contributed by atoms with Crippen LogP contribution in [0, 0.1) is 0 Å². The topological polar surface area (TPSA) is 142 Å². The van der Waals surface area contributed by atoms with Gasteiger partial charge in [0.2, 0.25) is 11.8 Å². The minimum absolute atomic E-state index is 0.00438. The Labute approximate surface area is 226 Å². The van der Waals surface area contributed by atoms with Gasteiger partial charge < -0.3 is 21.3 Å². The molecule has 1 heterocycles. The van der Waals surface area contributed by atoms with Crippen LogP contribution < -0.4 is 16.4 Å². The zero-order chi connectivity index (χ0) is 27.4. The quantitative estimate of drug-likeness (QED) is 0.352. The number of halogens is 1. The average molecular weight is 578 g/mol. The van der Waals surface area contributed by atoms with Gasteiger partial charge in [-0.3, -0.25) is 24.1 Å². The van der Waals surface area contributed by atoms with Crippen LogP contribution in [0.5, 0.6) is 0 Å². The summed E-state index contributed by atoms with van der Waals surface area (Å²) in [6.45, 7) is -0.0950. The summed E-state index contributed by atoms with van der Waals surface area (Å²) in [7, 11) is 1.52. The Balaban J connectivity index is 1.44. The zero-order valence-corrected chi connectivity index (χ0v) is 21.9. The second-order valence-electron chi connectivity index (χ2n) is 8.74. The number of carbonyl (C=O) groups is 5. The number of nitrogens with zero attached hydrogens (tertiary/aromatic N) is 2. The van der Waals surface area contributed by atoms with Crippen LogP contribution in [0.1, 0.15) is 31.8 Å². The highest BCUT2D eigenvalue weighted by Gasteiger charge is 2.34. The molecule has 194 valence electrons. The summed E-state index contributed by atoms with van der Waals surface area (Å²) in [5, 5.41) is 5.57. The lowest BCUT2D eigenvalue weighted by atomic mass is 10.1. The summed E-state index contributed by atoms with van der Waals surface area (Å²) in [4.78, 5) is 63.9. The summed E-state index contributed by atoms with van der Waals surface area (Å²) in [5.74, 6) is -1.68. The number of hydrogen-bond donors (Lipinski definition) is 3. The fourth-order valence-corrected chi connectivity index (χ4v) is 4.30.